The molecule has 0 aliphatic heterocycles. The van der Waals surface area contributed by atoms with E-state index in [2.05, 4.69) is 50.0 Å². The van der Waals surface area contributed by atoms with Gasteiger partial charge in [-0.05, 0) is 40.5 Å². The molecule has 2 heteroatoms. The Hall–Kier alpha value is -1.31. The van der Waals surface area contributed by atoms with Crippen LogP contribution in [0.2, 0.25) is 0 Å². The van der Waals surface area contributed by atoms with E-state index < -0.39 is 0 Å². The maximum atomic E-state index is 4.11. The number of fused-ring (bicyclic) bond motifs is 2. The summed E-state index contributed by atoms with van der Waals surface area (Å²) < 4.78 is 0. The van der Waals surface area contributed by atoms with E-state index in [4.69, 9.17) is 0 Å². The average molecular weight is 214 g/mol. The summed E-state index contributed by atoms with van der Waals surface area (Å²) in [6.07, 6.45) is 3.13. The Morgan fingerprint density at radius 1 is 1.06 bits per heavy atom. The molecule has 1 aromatic carbocycles. The van der Waals surface area contributed by atoms with Crippen LogP contribution in [0.4, 0.5) is 0 Å². The highest BCUT2D eigenvalue weighted by atomic mass is 15.1. The van der Waals surface area contributed by atoms with Crippen molar-refractivity contribution in [2.24, 2.45) is 0 Å². The molecule has 1 N–H and O–H groups in total. The van der Waals surface area contributed by atoms with Crippen LogP contribution in [0.5, 0.6) is 0 Å². The summed E-state index contributed by atoms with van der Waals surface area (Å²) in [5.74, 6) is 0. The van der Waals surface area contributed by atoms with Gasteiger partial charge in [0, 0.05) is 5.39 Å². The molecule has 0 amide bonds. The molecule has 0 spiro atoms. The fraction of sp³-hybridized carbons (Fsp3) is 0.500. The zero-order chi connectivity index (χ0) is 11.6. The quantitative estimate of drug-likeness (QED) is 0.714. The van der Waals surface area contributed by atoms with Gasteiger partial charge in [0.2, 0.25) is 0 Å². The summed E-state index contributed by atoms with van der Waals surface area (Å²) in [6.45, 7) is 9.35. The topological polar surface area (TPSA) is 28.7 Å². The lowest BCUT2D eigenvalue weighted by molar-refractivity contribution is 0.403. The second-order valence-electron chi connectivity index (χ2n) is 6.30. The summed E-state index contributed by atoms with van der Waals surface area (Å²) in [4.78, 5) is 0. The highest BCUT2D eigenvalue weighted by Crippen LogP contribution is 2.50. The molecule has 0 fully saturated rings. The van der Waals surface area contributed by atoms with Crippen molar-refractivity contribution < 1.29 is 0 Å². The Morgan fingerprint density at radius 2 is 1.69 bits per heavy atom. The minimum atomic E-state index is 0.276. The first kappa shape index (κ1) is 9.88. The van der Waals surface area contributed by atoms with Crippen LogP contribution in [0.1, 0.15) is 45.2 Å². The molecule has 1 aliphatic carbocycles. The Labute approximate surface area is 96.1 Å². The largest absolute Gasteiger partial charge is 0.278 e. The molecule has 0 saturated carbocycles. The number of benzene rings is 1. The van der Waals surface area contributed by atoms with Crippen molar-refractivity contribution in [3.63, 3.8) is 0 Å². The zero-order valence-corrected chi connectivity index (χ0v) is 10.4. The summed E-state index contributed by atoms with van der Waals surface area (Å²) >= 11 is 0. The minimum Gasteiger partial charge on any atom is -0.278 e. The summed E-state index contributed by atoms with van der Waals surface area (Å²) in [7, 11) is 0. The molecule has 2 nitrogen and oxygen atoms in total. The maximum absolute atomic E-state index is 4.11. The monoisotopic (exact) mass is 214 g/mol. The van der Waals surface area contributed by atoms with Gasteiger partial charge < -0.3 is 0 Å². The van der Waals surface area contributed by atoms with Crippen LogP contribution in [0.25, 0.3) is 10.9 Å². The summed E-state index contributed by atoms with van der Waals surface area (Å²) in [5.41, 5.74) is 4.69. The molecule has 2 aromatic rings. The van der Waals surface area contributed by atoms with E-state index >= 15 is 0 Å². The molecule has 1 heterocycles. The van der Waals surface area contributed by atoms with Gasteiger partial charge >= 0.3 is 0 Å². The Bertz CT molecular complexity index is 513. The van der Waals surface area contributed by atoms with Crippen molar-refractivity contribution in [3.05, 3.63) is 29.5 Å². The first-order chi connectivity index (χ1) is 7.40. The lowest BCUT2D eigenvalue weighted by atomic mass is 9.82. The SMILES string of the molecule is CC1(C)CC(C)(C)c2cc3[nH]ncc3cc21. The fourth-order valence-corrected chi connectivity index (χ4v) is 3.41. The molecule has 0 atom stereocenters. The standard InChI is InChI=1S/C14H18N2/c1-13(2)8-14(3,4)11-6-12-9(5-10(11)13)7-15-16-12/h5-7H,8H2,1-4H3,(H,15,16). The Kier molecular flexibility index (Phi) is 1.65. The van der Waals surface area contributed by atoms with Gasteiger partial charge in [0.15, 0.2) is 0 Å². The number of hydrogen-bond acceptors (Lipinski definition) is 1. The van der Waals surface area contributed by atoms with Gasteiger partial charge in [-0.3, -0.25) is 5.10 Å². The second kappa shape index (κ2) is 2.68. The first-order valence-corrected chi connectivity index (χ1v) is 5.88. The summed E-state index contributed by atoms with van der Waals surface area (Å²) in [6, 6.07) is 4.59. The van der Waals surface area contributed by atoms with E-state index in [0.29, 0.717) is 0 Å². The van der Waals surface area contributed by atoms with Gasteiger partial charge in [0.25, 0.3) is 0 Å². The van der Waals surface area contributed by atoms with Crippen LogP contribution in [0.3, 0.4) is 0 Å². The van der Waals surface area contributed by atoms with E-state index in [1.807, 2.05) is 6.20 Å². The molecule has 1 aromatic heterocycles. The third kappa shape index (κ3) is 1.16. The normalized spacial score (nSPS) is 21.2. The van der Waals surface area contributed by atoms with Crippen molar-refractivity contribution in [2.45, 2.75) is 44.9 Å². The lowest BCUT2D eigenvalue weighted by Crippen LogP contribution is -2.17. The van der Waals surface area contributed by atoms with Gasteiger partial charge in [-0.15, -0.1) is 0 Å². The van der Waals surface area contributed by atoms with Crippen molar-refractivity contribution in [1.29, 1.82) is 0 Å². The number of aromatic amines is 1. The lowest BCUT2D eigenvalue weighted by Gasteiger charge is -2.22. The maximum Gasteiger partial charge on any atom is 0.0653 e. The predicted octanol–water partition coefficient (Wildman–Crippen LogP) is 3.52. The molecule has 16 heavy (non-hydrogen) atoms. The molecule has 84 valence electrons. The number of rotatable bonds is 0. The third-order valence-electron chi connectivity index (χ3n) is 3.92. The predicted molar refractivity (Wildman–Crippen MR) is 66.8 cm³/mol. The molecular formula is C14H18N2. The van der Waals surface area contributed by atoms with Gasteiger partial charge in [0.05, 0.1) is 11.7 Å². The number of hydrogen-bond donors (Lipinski definition) is 1. The number of aromatic nitrogens is 2. The van der Waals surface area contributed by atoms with Gasteiger partial charge in [-0.2, -0.15) is 5.10 Å². The Morgan fingerprint density at radius 3 is 2.38 bits per heavy atom. The summed E-state index contributed by atoms with van der Waals surface area (Å²) in [5, 5.41) is 8.40. The highest BCUT2D eigenvalue weighted by molar-refractivity contribution is 5.81. The number of H-pyrrole nitrogens is 1. The number of nitrogens with one attached hydrogen (secondary N) is 1. The molecule has 0 unspecified atom stereocenters. The third-order valence-corrected chi connectivity index (χ3v) is 3.92. The van der Waals surface area contributed by atoms with Crippen LogP contribution in [0.15, 0.2) is 18.3 Å². The van der Waals surface area contributed by atoms with Crippen LogP contribution >= 0.6 is 0 Å². The average Bonchev–Trinajstić information content (AvgIpc) is 2.66. The molecule has 0 saturated heterocycles. The smallest absolute Gasteiger partial charge is 0.0653 e. The van der Waals surface area contributed by atoms with Gasteiger partial charge in [-0.25, -0.2) is 0 Å². The molecule has 0 radical (unpaired) electrons. The van der Waals surface area contributed by atoms with Crippen molar-refractivity contribution >= 4 is 10.9 Å². The van der Waals surface area contributed by atoms with Crippen LogP contribution in [0, 0.1) is 0 Å². The van der Waals surface area contributed by atoms with Crippen molar-refractivity contribution in [1.82, 2.24) is 10.2 Å². The van der Waals surface area contributed by atoms with Gasteiger partial charge in [-0.1, -0.05) is 27.7 Å². The van der Waals surface area contributed by atoms with Gasteiger partial charge in [0.1, 0.15) is 0 Å². The Balaban J connectivity index is 2.37. The van der Waals surface area contributed by atoms with Crippen LogP contribution in [-0.2, 0) is 10.8 Å². The molecule has 0 bridgehead atoms. The molecular weight excluding hydrogens is 196 g/mol. The molecule has 3 rings (SSSR count). The van der Waals surface area contributed by atoms with Crippen LogP contribution < -0.4 is 0 Å². The van der Waals surface area contributed by atoms with E-state index in [0.717, 1.165) is 5.52 Å². The van der Waals surface area contributed by atoms with E-state index in [9.17, 15) is 0 Å². The second-order valence-corrected chi connectivity index (χ2v) is 6.30. The zero-order valence-electron chi connectivity index (χ0n) is 10.4. The number of nitrogens with zero attached hydrogens (tertiary/aromatic N) is 1. The highest BCUT2D eigenvalue weighted by Gasteiger charge is 2.41. The molecule has 1 aliphatic rings. The van der Waals surface area contributed by atoms with E-state index in [1.165, 1.54) is 22.9 Å². The van der Waals surface area contributed by atoms with Crippen molar-refractivity contribution in [3.8, 4) is 0 Å². The first-order valence-electron chi connectivity index (χ1n) is 5.88. The van der Waals surface area contributed by atoms with E-state index in [1.54, 1.807) is 0 Å². The fourth-order valence-electron chi connectivity index (χ4n) is 3.41. The van der Waals surface area contributed by atoms with Crippen LogP contribution in [-0.4, -0.2) is 10.2 Å². The van der Waals surface area contributed by atoms with Crippen molar-refractivity contribution in [2.75, 3.05) is 0 Å². The van der Waals surface area contributed by atoms with E-state index in [-0.39, 0.29) is 10.8 Å². The minimum absolute atomic E-state index is 0.276.